The standard InChI is InChI=1S/C12H11ClF3N3O/c13-9-3-2-8(12(14,15)16)6-10(9)19-7-11(20)18-5-1-4-17/h2-3,6,19H,1,5,7H2,(H,18,20). The molecule has 0 unspecified atom stereocenters. The third kappa shape index (κ3) is 4.97. The van der Waals surface area contributed by atoms with E-state index < -0.39 is 17.6 Å². The first kappa shape index (κ1) is 16.1. The first-order valence-corrected chi connectivity index (χ1v) is 5.96. The number of carbonyl (C=O) groups is 1. The highest BCUT2D eigenvalue weighted by Crippen LogP contribution is 2.33. The molecule has 0 atom stereocenters. The normalized spacial score (nSPS) is 10.8. The largest absolute Gasteiger partial charge is 0.416 e. The average molecular weight is 306 g/mol. The van der Waals surface area contributed by atoms with Crippen LogP contribution < -0.4 is 10.6 Å². The van der Waals surface area contributed by atoms with Crippen molar-refractivity contribution in [3.8, 4) is 6.07 Å². The Kier molecular flexibility index (Phi) is 5.65. The van der Waals surface area contributed by atoms with Gasteiger partial charge in [0.15, 0.2) is 0 Å². The fraction of sp³-hybridized carbons (Fsp3) is 0.333. The molecule has 0 radical (unpaired) electrons. The van der Waals surface area contributed by atoms with E-state index in [1.807, 2.05) is 6.07 Å². The fourth-order valence-electron chi connectivity index (χ4n) is 1.33. The molecule has 0 aliphatic heterocycles. The maximum absolute atomic E-state index is 12.5. The number of halogens is 4. The van der Waals surface area contributed by atoms with Gasteiger partial charge in [-0.25, -0.2) is 0 Å². The van der Waals surface area contributed by atoms with Crippen molar-refractivity contribution in [3.63, 3.8) is 0 Å². The van der Waals surface area contributed by atoms with Gasteiger partial charge in [0.1, 0.15) is 0 Å². The van der Waals surface area contributed by atoms with Crippen LogP contribution in [0.3, 0.4) is 0 Å². The molecule has 1 amide bonds. The van der Waals surface area contributed by atoms with Crippen LogP contribution in [0.2, 0.25) is 5.02 Å². The van der Waals surface area contributed by atoms with Gasteiger partial charge in [0.25, 0.3) is 0 Å². The summed E-state index contributed by atoms with van der Waals surface area (Å²) in [5.41, 5.74) is -0.828. The number of benzene rings is 1. The van der Waals surface area contributed by atoms with E-state index in [-0.39, 0.29) is 30.2 Å². The molecule has 1 aromatic rings. The molecule has 0 saturated heterocycles. The van der Waals surface area contributed by atoms with E-state index in [9.17, 15) is 18.0 Å². The highest BCUT2D eigenvalue weighted by atomic mass is 35.5. The lowest BCUT2D eigenvalue weighted by Crippen LogP contribution is -2.30. The van der Waals surface area contributed by atoms with Gasteiger partial charge in [-0.2, -0.15) is 18.4 Å². The molecule has 0 aromatic heterocycles. The van der Waals surface area contributed by atoms with Crippen molar-refractivity contribution in [1.29, 1.82) is 5.26 Å². The minimum absolute atomic E-state index is 0.0249. The first-order valence-electron chi connectivity index (χ1n) is 5.59. The van der Waals surface area contributed by atoms with E-state index in [1.165, 1.54) is 0 Å². The molecule has 1 aromatic carbocycles. The number of nitrogens with zero attached hydrogens (tertiary/aromatic N) is 1. The summed E-state index contributed by atoms with van der Waals surface area (Å²) in [4.78, 5) is 11.3. The summed E-state index contributed by atoms with van der Waals surface area (Å²) in [6.45, 7) is -0.0419. The lowest BCUT2D eigenvalue weighted by atomic mass is 10.2. The van der Waals surface area contributed by atoms with Crippen LogP contribution in [0.1, 0.15) is 12.0 Å². The number of nitrogens with one attached hydrogen (secondary N) is 2. The van der Waals surface area contributed by atoms with Crippen LogP contribution in [-0.2, 0) is 11.0 Å². The lowest BCUT2D eigenvalue weighted by Gasteiger charge is -2.12. The van der Waals surface area contributed by atoms with E-state index in [2.05, 4.69) is 10.6 Å². The monoisotopic (exact) mass is 305 g/mol. The highest BCUT2D eigenvalue weighted by Gasteiger charge is 2.30. The van der Waals surface area contributed by atoms with Crippen molar-refractivity contribution in [2.45, 2.75) is 12.6 Å². The third-order valence-electron chi connectivity index (χ3n) is 2.29. The summed E-state index contributed by atoms with van der Waals surface area (Å²) in [5, 5.41) is 13.3. The molecule has 4 nitrogen and oxygen atoms in total. The van der Waals surface area contributed by atoms with Crippen molar-refractivity contribution in [2.75, 3.05) is 18.4 Å². The van der Waals surface area contributed by atoms with Crippen LogP contribution in [0, 0.1) is 11.3 Å². The number of hydrogen-bond acceptors (Lipinski definition) is 3. The van der Waals surface area contributed by atoms with Crippen molar-refractivity contribution in [3.05, 3.63) is 28.8 Å². The van der Waals surface area contributed by atoms with Crippen LogP contribution in [0.25, 0.3) is 0 Å². The van der Waals surface area contributed by atoms with Crippen molar-refractivity contribution in [2.24, 2.45) is 0 Å². The zero-order chi connectivity index (χ0) is 15.2. The van der Waals surface area contributed by atoms with Crippen LogP contribution in [-0.4, -0.2) is 19.0 Å². The van der Waals surface area contributed by atoms with Crippen molar-refractivity contribution < 1.29 is 18.0 Å². The summed E-state index contributed by atoms with van der Waals surface area (Å²) in [5.74, 6) is -0.436. The molecule has 20 heavy (non-hydrogen) atoms. The minimum Gasteiger partial charge on any atom is -0.375 e. The Bertz CT molecular complexity index is 526. The van der Waals surface area contributed by atoms with Gasteiger partial charge in [0.2, 0.25) is 5.91 Å². The van der Waals surface area contributed by atoms with E-state index >= 15 is 0 Å². The van der Waals surface area contributed by atoms with Gasteiger partial charge in [-0.05, 0) is 18.2 Å². The molecule has 0 bridgehead atoms. The Morgan fingerprint density at radius 1 is 1.40 bits per heavy atom. The Labute approximate surface area is 118 Å². The van der Waals surface area contributed by atoms with Gasteiger partial charge < -0.3 is 10.6 Å². The molecule has 0 spiro atoms. The zero-order valence-corrected chi connectivity index (χ0v) is 11.0. The predicted molar refractivity (Wildman–Crippen MR) is 68.2 cm³/mol. The topological polar surface area (TPSA) is 64.9 Å². The molecule has 0 fully saturated rings. The van der Waals surface area contributed by atoms with Gasteiger partial charge in [-0.1, -0.05) is 11.6 Å². The molecule has 0 aliphatic rings. The summed E-state index contributed by atoms with van der Waals surface area (Å²) < 4.78 is 37.6. The van der Waals surface area contributed by atoms with E-state index in [4.69, 9.17) is 16.9 Å². The van der Waals surface area contributed by atoms with E-state index in [0.717, 1.165) is 18.2 Å². The zero-order valence-electron chi connectivity index (χ0n) is 10.2. The fourth-order valence-corrected chi connectivity index (χ4v) is 1.52. The molecule has 2 N–H and O–H groups in total. The number of alkyl halides is 3. The molecule has 0 aliphatic carbocycles. The van der Waals surface area contributed by atoms with Gasteiger partial charge in [0, 0.05) is 6.54 Å². The van der Waals surface area contributed by atoms with Gasteiger partial charge in [0.05, 0.1) is 35.3 Å². The highest BCUT2D eigenvalue weighted by molar-refractivity contribution is 6.33. The number of hydrogen-bond donors (Lipinski definition) is 2. The van der Waals surface area contributed by atoms with E-state index in [0.29, 0.717) is 0 Å². The minimum atomic E-state index is -4.48. The second kappa shape index (κ2) is 7.01. The number of anilines is 1. The molecule has 0 heterocycles. The van der Waals surface area contributed by atoms with Gasteiger partial charge in [-0.3, -0.25) is 4.79 Å². The summed E-state index contributed by atoms with van der Waals surface area (Å²) in [7, 11) is 0. The second-order valence-corrected chi connectivity index (χ2v) is 4.21. The molecule has 0 saturated carbocycles. The van der Waals surface area contributed by atoms with Crippen molar-refractivity contribution >= 4 is 23.2 Å². The number of amides is 1. The summed E-state index contributed by atoms with van der Waals surface area (Å²) in [6.07, 6.45) is -4.31. The summed E-state index contributed by atoms with van der Waals surface area (Å²) in [6, 6.07) is 4.66. The Morgan fingerprint density at radius 2 is 2.10 bits per heavy atom. The smallest absolute Gasteiger partial charge is 0.375 e. The maximum atomic E-state index is 12.5. The first-order chi connectivity index (χ1) is 9.34. The number of carbonyl (C=O) groups excluding carboxylic acids is 1. The second-order valence-electron chi connectivity index (χ2n) is 3.80. The van der Waals surface area contributed by atoms with Gasteiger partial charge >= 0.3 is 6.18 Å². The van der Waals surface area contributed by atoms with E-state index in [1.54, 1.807) is 0 Å². The Morgan fingerprint density at radius 3 is 2.70 bits per heavy atom. The Balaban J connectivity index is 2.64. The van der Waals surface area contributed by atoms with Crippen LogP contribution in [0.4, 0.5) is 18.9 Å². The van der Waals surface area contributed by atoms with Crippen LogP contribution in [0.15, 0.2) is 18.2 Å². The molecular weight excluding hydrogens is 295 g/mol. The molecule has 8 heteroatoms. The van der Waals surface area contributed by atoms with Crippen molar-refractivity contribution in [1.82, 2.24) is 5.32 Å². The average Bonchev–Trinajstić information content (AvgIpc) is 2.36. The Hall–Kier alpha value is -1.94. The maximum Gasteiger partial charge on any atom is 0.416 e. The quantitative estimate of drug-likeness (QED) is 0.822. The number of nitriles is 1. The lowest BCUT2D eigenvalue weighted by molar-refractivity contribution is -0.137. The third-order valence-corrected chi connectivity index (χ3v) is 2.62. The molecular formula is C12H11ClF3N3O. The summed E-state index contributed by atoms with van der Waals surface area (Å²) >= 11 is 5.75. The van der Waals surface area contributed by atoms with Crippen LogP contribution in [0.5, 0.6) is 0 Å². The molecule has 108 valence electrons. The SMILES string of the molecule is N#CCCNC(=O)CNc1cc(C(F)(F)F)ccc1Cl. The molecule has 1 rings (SSSR count). The van der Waals surface area contributed by atoms with Crippen LogP contribution >= 0.6 is 11.6 Å². The number of rotatable bonds is 5. The van der Waals surface area contributed by atoms with Gasteiger partial charge in [-0.15, -0.1) is 0 Å². The predicted octanol–water partition coefficient (Wildman–Crippen LogP) is 2.80.